The first kappa shape index (κ1) is 22.9. The Morgan fingerprint density at radius 3 is 2.52 bits per heavy atom. The highest BCUT2D eigenvalue weighted by Gasteiger charge is 2.13. The van der Waals surface area contributed by atoms with Gasteiger partial charge in [0, 0.05) is 29.8 Å². The van der Waals surface area contributed by atoms with E-state index in [0.29, 0.717) is 11.4 Å². The molecule has 1 aliphatic rings. The molecule has 4 rings (SSSR count). The maximum absolute atomic E-state index is 10.8. The molecule has 1 heterocycles. The molecule has 0 saturated heterocycles. The van der Waals surface area contributed by atoms with Gasteiger partial charge in [-0.2, -0.15) is 0 Å². The van der Waals surface area contributed by atoms with E-state index in [0.717, 1.165) is 36.4 Å². The van der Waals surface area contributed by atoms with Crippen molar-refractivity contribution in [2.45, 2.75) is 45.1 Å². The van der Waals surface area contributed by atoms with Gasteiger partial charge in [-0.05, 0) is 49.0 Å². The third kappa shape index (κ3) is 6.36. The fourth-order valence-corrected chi connectivity index (χ4v) is 4.22. The van der Waals surface area contributed by atoms with E-state index in [9.17, 15) is 4.79 Å². The monoisotopic (exact) mass is 419 g/mol. The first-order chi connectivity index (χ1) is 15.3. The Balaban J connectivity index is 0.00000132. The number of rotatable bonds is 8. The van der Waals surface area contributed by atoms with Gasteiger partial charge in [-0.15, -0.1) is 0 Å². The molecule has 1 aliphatic carbocycles. The van der Waals surface area contributed by atoms with Gasteiger partial charge in [0.2, 0.25) is 5.88 Å². The van der Waals surface area contributed by atoms with Crippen LogP contribution in [0.1, 0.15) is 54.4 Å². The SMILES string of the molecule is CN.O=Cc1ccc(Oc2ccc(CNCCC3CCCCC3)c3ccccc23)nc1. The zero-order chi connectivity index (χ0) is 21.9. The van der Waals surface area contributed by atoms with Crippen LogP contribution in [-0.2, 0) is 6.54 Å². The molecule has 0 spiro atoms. The molecular formula is C26H33N3O2. The number of hydrogen-bond acceptors (Lipinski definition) is 5. The molecule has 1 saturated carbocycles. The van der Waals surface area contributed by atoms with Crippen molar-refractivity contribution in [3.63, 3.8) is 0 Å². The summed E-state index contributed by atoms with van der Waals surface area (Å²) in [5, 5.41) is 5.90. The van der Waals surface area contributed by atoms with E-state index in [1.54, 1.807) is 12.1 Å². The van der Waals surface area contributed by atoms with Crippen molar-refractivity contribution in [1.29, 1.82) is 0 Å². The lowest BCUT2D eigenvalue weighted by atomic mass is 9.87. The molecule has 3 aromatic rings. The zero-order valence-electron chi connectivity index (χ0n) is 18.3. The summed E-state index contributed by atoms with van der Waals surface area (Å²) in [6.45, 7) is 1.93. The van der Waals surface area contributed by atoms with E-state index < -0.39 is 0 Å². The molecule has 2 aromatic carbocycles. The van der Waals surface area contributed by atoms with Crippen LogP contribution in [0.25, 0.3) is 10.8 Å². The normalized spacial score (nSPS) is 14.0. The third-order valence-electron chi connectivity index (χ3n) is 5.85. The smallest absolute Gasteiger partial charge is 0.219 e. The number of aromatic nitrogens is 1. The summed E-state index contributed by atoms with van der Waals surface area (Å²) in [5.41, 5.74) is 6.32. The Morgan fingerprint density at radius 1 is 1.03 bits per heavy atom. The molecule has 0 aliphatic heterocycles. The number of nitrogens with two attached hydrogens (primary N) is 1. The number of hydrogen-bond donors (Lipinski definition) is 2. The van der Waals surface area contributed by atoms with Crippen LogP contribution in [0, 0.1) is 5.92 Å². The van der Waals surface area contributed by atoms with Gasteiger partial charge >= 0.3 is 0 Å². The van der Waals surface area contributed by atoms with Gasteiger partial charge in [0.05, 0.1) is 0 Å². The average molecular weight is 420 g/mol. The number of benzene rings is 2. The molecule has 0 unspecified atom stereocenters. The lowest BCUT2D eigenvalue weighted by Gasteiger charge is -2.21. The highest BCUT2D eigenvalue weighted by atomic mass is 16.5. The molecule has 0 atom stereocenters. The highest BCUT2D eigenvalue weighted by Crippen LogP contribution is 2.31. The number of nitrogens with one attached hydrogen (secondary N) is 1. The van der Waals surface area contributed by atoms with Crippen LogP contribution in [0.15, 0.2) is 54.7 Å². The standard InChI is InChI=1S/C25H28N2O2.CH5N/c28-18-20-10-13-25(27-16-20)29-24-12-11-21(22-8-4-5-9-23(22)24)17-26-15-14-19-6-2-1-3-7-19;1-2/h4-5,8-13,16,18-19,26H,1-3,6-7,14-15,17H2;2H2,1H3. The van der Waals surface area contributed by atoms with Crippen molar-refractivity contribution in [2.24, 2.45) is 11.7 Å². The Labute approximate surface area is 185 Å². The van der Waals surface area contributed by atoms with Crippen LogP contribution in [0.2, 0.25) is 0 Å². The minimum atomic E-state index is 0.485. The molecule has 1 fully saturated rings. The summed E-state index contributed by atoms with van der Waals surface area (Å²) in [5.74, 6) is 2.17. The molecule has 5 nitrogen and oxygen atoms in total. The second kappa shape index (κ2) is 12.2. The minimum absolute atomic E-state index is 0.485. The molecule has 0 bridgehead atoms. The van der Waals surface area contributed by atoms with Crippen LogP contribution < -0.4 is 15.8 Å². The van der Waals surface area contributed by atoms with E-state index >= 15 is 0 Å². The summed E-state index contributed by atoms with van der Waals surface area (Å²) in [6, 6.07) is 15.9. The maximum Gasteiger partial charge on any atom is 0.219 e. The predicted molar refractivity (Wildman–Crippen MR) is 127 cm³/mol. The summed E-state index contributed by atoms with van der Waals surface area (Å²) >= 11 is 0. The Morgan fingerprint density at radius 2 is 1.81 bits per heavy atom. The predicted octanol–water partition coefficient (Wildman–Crippen LogP) is 5.47. The number of pyridine rings is 1. The van der Waals surface area contributed by atoms with E-state index in [2.05, 4.69) is 40.3 Å². The van der Waals surface area contributed by atoms with Crippen LogP contribution in [0.5, 0.6) is 11.6 Å². The largest absolute Gasteiger partial charge is 0.438 e. The number of ether oxygens (including phenoxy) is 1. The zero-order valence-corrected chi connectivity index (χ0v) is 18.3. The first-order valence-electron chi connectivity index (χ1n) is 11.2. The van der Waals surface area contributed by atoms with E-state index in [4.69, 9.17) is 4.74 Å². The molecule has 1 aromatic heterocycles. The van der Waals surface area contributed by atoms with Crippen LogP contribution >= 0.6 is 0 Å². The summed E-state index contributed by atoms with van der Waals surface area (Å²) in [4.78, 5) is 15.0. The fourth-order valence-electron chi connectivity index (χ4n) is 4.22. The Bertz CT molecular complexity index is 951. The third-order valence-corrected chi connectivity index (χ3v) is 5.85. The van der Waals surface area contributed by atoms with Gasteiger partial charge in [-0.3, -0.25) is 4.79 Å². The highest BCUT2D eigenvalue weighted by molar-refractivity contribution is 5.91. The van der Waals surface area contributed by atoms with Crippen molar-refractivity contribution in [3.8, 4) is 11.6 Å². The average Bonchev–Trinajstić information content (AvgIpc) is 2.85. The second-order valence-electron chi connectivity index (χ2n) is 7.89. The molecule has 0 amide bonds. The lowest BCUT2D eigenvalue weighted by Crippen LogP contribution is -2.19. The number of fused-ring (bicyclic) bond motifs is 1. The quantitative estimate of drug-likeness (QED) is 0.374. The van der Waals surface area contributed by atoms with Crippen molar-refractivity contribution >= 4 is 17.1 Å². The molecule has 31 heavy (non-hydrogen) atoms. The Kier molecular flexibility index (Phi) is 9.00. The van der Waals surface area contributed by atoms with Crippen molar-refractivity contribution < 1.29 is 9.53 Å². The number of carbonyl (C=O) groups is 1. The van der Waals surface area contributed by atoms with Crippen LogP contribution in [-0.4, -0.2) is 24.9 Å². The molecule has 0 radical (unpaired) electrons. The van der Waals surface area contributed by atoms with Gasteiger partial charge in [-0.25, -0.2) is 4.98 Å². The second-order valence-corrected chi connectivity index (χ2v) is 7.89. The summed E-state index contributed by atoms with van der Waals surface area (Å²) < 4.78 is 6.00. The Hall–Kier alpha value is -2.76. The molecule has 5 heteroatoms. The summed E-state index contributed by atoms with van der Waals surface area (Å²) in [7, 11) is 1.50. The first-order valence-corrected chi connectivity index (χ1v) is 11.2. The van der Waals surface area contributed by atoms with Gasteiger partial charge in [-0.1, -0.05) is 62.4 Å². The van der Waals surface area contributed by atoms with Gasteiger partial charge in [0.15, 0.2) is 6.29 Å². The van der Waals surface area contributed by atoms with Crippen LogP contribution in [0.4, 0.5) is 0 Å². The molecular weight excluding hydrogens is 386 g/mol. The number of nitrogens with zero attached hydrogens (tertiary/aromatic N) is 1. The van der Waals surface area contributed by atoms with E-state index in [1.807, 2.05) is 12.1 Å². The lowest BCUT2D eigenvalue weighted by molar-refractivity contribution is 0.112. The minimum Gasteiger partial charge on any atom is -0.438 e. The van der Waals surface area contributed by atoms with E-state index in [1.165, 1.54) is 62.7 Å². The number of carbonyl (C=O) groups excluding carboxylic acids is 1. The number of aldehydes is 1. The van der Waals surface area contributed by atoms with Crippen molar-refractivity contribution in [3.05, 3.63) is 65.9 Å². The van der Waals surface area contributed by atoms with Gasteiger partial charge < -0.3 is 15.8 Å². The van der Waals surface area contributed by atoms with Crippen LogP contribution in [0.3, 0.4) is 0 Å². The van der Waals surface area contributed by atoms with Crippen molar-refractivity contribution in [2.75, 3.05) is 13.6 Å². The van der Waals surface area contributed by atoms with Crippen molar-refractivity contribution in [1.82, 2.24) is 10.3 Å². The van der Waals surface area contributed by atoms with Gasteiger partial charge in [0.25, 0.3) is 0 Å². The van der Waals surface area contributed by atoms with E-state index in [-0.39, 0.29) is 0 Å². The fraction of sp³-hybridized carbons (Fsp3) is 0.385. The molecule has 164 valence electrons. The van der Waals surface area contributed by atoms with Gasteiger partial charge in [0.1, 0.15) is 5.75 Å². The summed E-state index contributed by atoms with van der Waals surface area (Å²) in [6.07, 6.45) is 10.6. The topological polar surface area (TPSA) is 77.2 Å². The molecule has 3 N–H and O–H groups in total. The maximum atomic E-state index is 10.8.